The molecule has 0 aromatic carbocycles. The lowest BCUT2D eigenvalue weighted by molar-refractivity contribution is 0.00824. The normalized spacial score (nSPS) is 9.79. The molecule has 0 saturated carbocycles. The minimum Gasteiger partial charge on any atom is -0.382 e. The fourth-order valence-electron chi connectivity index (χ4n) is 0.704. The topological polar surface area (TPSA) is 73.3 Å². The highest BCUT2D eigenvalue weighted by molar-refractivity contribution is 5.89. The zero-order valence-corrected chi connectivity index (χ0v) is 7.77. The van der Waals surface area contributed by atoms with Gasteiger partial charge in [0.05, 0.1) is 13.2 Å². The molecule has 0 atom stereocenters. The molecule has 6 nitrogen and oxygen atoms in total. The number of amides is 1. The van der Waals surface area contributed by atoms with Crippen LogP contribution in [0, 0.1) is 0 Å². The van der Waals surface area contributed by atoms with E-state index < -0.39 is 5.91 Å². The molecule has 0 saturated heterocycles. The Morgan fingerprint density at radius 1 is 1.43 bits per heavy atom. The van der Waals surface area contributed by atoms with E-state index in [-0.39, 0.29) is 12.4 Å². The number of nitrogens with one attached hydrogen (secondary N) is 1. The second-order valence-corrected chi connectivity index (χ2v) is 2.34. The van der Waals surface area contributed by atoms with Gasteiger partial charge in [0, 0.05) is 19.5 Å². The molecule has 1 N–H and O–H groups in total. The van der Waals surface area contributed by atoms with Crippen molar-refractivity contribution in [1.82, 2.24) is 15.4 Å². The first-order chi connectivity index (χ1) is 6.84. The second kappa shape index (κ2) is 6.01. The zero-order chi connectivity index (χ0) is 10.2. The molecule has 0 bridgehead atoms. The Balaban J connectivity index is 2.29. The lowest BCUT2D eigenvalue weighted by Crippen LogP contribution is -2.27. The molecule has 0 aliphatic rings. The number of hydroxylamine groups is 1. The third-order valence-corrected chi connectivity index (χ3v) is 1.32. The number of hydrogen-bond donors (Lipinski definition) is 1. The second-order valence-electron chi connectivity index (χ2n) is 2.34. The molecule has 0 spiro atoms. The molecule has 14 heavy (non-hydrogen) atoms. The van der Waals surface area contributed by atoms with Crippen molar-refractivity contribution < 1.29 is 14.4 Å². The zero-order valence-electron chi connectivity index (χ0n) is 7.77. The van der Waals surface area contributed by atoms with E-state index in [1.54, 1.807) is 13.2 Å². The van der Waals surface area contributed by atoms with Crippen molar-refractivity contribution in [2.24, 2.45) is 0 Å². The van der Waals surface area contributed by atoms with E-state index in [0.29, 0.717) is 6.61 Å². The molecule has 1 aromatic heterocycles. The number of nitrogens with zero attached hydrogens (tertiary/aromatic N) is 2. The molecule has 0 aliphatic heterocycles. The van der Waals surface area contributed by atoms with Crippen molar-refractivity contribution in [3.05, 3.63) is 24.3 Å². The molecule has 6 heteroatoms. The summed E-state index contributed by atoms with van der Waals surface area (Å²) in [6.07, 6.45) is 2.97. The Labute approximate surface area is 81.2 Å². The third kappa shape index (κ3) is 3.46. The fraction of sp³-hybridized carbons (Fsp3) is 0.375. The number of ether oxygens (including phenoxy) is 1. The summed E-state index contributed by atoms with van der Waals surface area (Å²) in [6.45, 7) is 0.699. The average molecular weight is 197 g/mol. The van der Waals surface area contributed by atoms with Crippen LogP contribution in [-0.2, 0) is 9.57 Å². The summed E-state index contributed by atoms with van der Waals surface area (Å²) in [5.41, 5.74) is 2.19. The van der Waals surface area contributed by atoms with Crippen LogP contribution in [0.4, 0.5) is 0 Å². The number of methoxy groups -OCH3 is 1. The summed E-state index contributed by atoms with van der Waals surface area (Å²) in [4.78, 5) is 23.5. The number of aromatic nitrogens is 2. The first-order valence-electron chi connectivity index (χ1n) is 4.02. The van der Waals surface area contributed by atoms with Crippen molar-refractivity contribution >= 4 is 5.91 Å². The van der Waals surface area contributed by atoms with Gasteiger partial charge in [-0.25, -0.2) is 15.4 Å². The van der Waals surface area contributed by atoms with Gasteiger partial charge in [0.2, 0.25) is 5.82 Å². The summed E-state index contributed by atoms with van der Waals surface area (Å²) in [6, 6.07) is 1.63. The standard InChI is InChI=1S/C8H11N3O3/c1-13-5-6-14-11-8(12)7-9-3-2-4-10-7/h2-4H,5-6H2,1H3,(H,11,12). The van der Waals surface area contributed by atoms with E-state index in [0.717, 1.165) is 0 Å². The summed E-state index contributed by atoms with van der Waals surface area (Å²) in [7, 11) is 1.55. The van der Waals surface area contributed by atoms with Crippen LogP contribution in [-0.4, -0.2) is 36.2 Å². The maximum Gasteiger partial charge on any atom is 0.312 e. The molecule has 0 unspecified atom stereocenters. The first kappa shape index (κ1) is 10.6. The van der Waals surface area contributed by atoms with Crippen LogP contribution in [0.3, 0.4) is 0 Å². The van der Waals surface area contributed by atoms with Gasteiger partial charge in [-0.2, -0.15) is 0 Å². The Morgan fingerprint density at radius 2 is 2.14 bits per heavy atom. The molecule has 0 radical (unpaired) electrons. The monoisotopic (exact) mass is 197 g/mol. The van der Waals surface area contributed by atoms with E-state index in [9.17, 15) is 4.79 Å². The van der Waals surface area contributed by atoms with Gasteiger partial charge in [-0.15, -0.1) is 0 Å². The van der Waals surface area contributed by atoms with Crippen molar-refractivity contribution in [2.45, 2.75) is 0 Å². The van der Waals surface area contributed by atoms with Crippen molar-refractivity contribution in [1.29, 1.82) is 0 Å². The summed E-state index contributed by atoms with van der Waals surface area (Å²) < 4.78 is 4.72. The number of carbonyl (C=O) groups excluding carboxylic acids is 1. The molecular formula is C8H11N3O3. The number of rotatable bonds is 5. The molecule has 1 amide bonds. The van der Waals surface area contributed by atoms with Crippen LogP contribution in [0.2, 0.25) is 0 Å². The van der Waals surface area contributed by atoms with Crippen molar-refractivity contribution in [3.8, 4) is 0 Å². The molecule has 0 aliphatic carbocycles. The summed E-state index contributed by atoms with van der Waals surface area (Å²) in [5, 5.41) is 0. The van der Waals surface area contributed by atoms with E-state index >= 15 is 0 Å². The molecule has 76 valence electrons. The first-order valence-corrected chi connectivity index (χ1v) is 4.02. The van der Waals surface area contributed by atoms with Gasteiger partial charge in [0.15, 0.2) is 0 Å². The highest BCUT2D eigenvalue weighted by Gasteiger charge is 2.06. The fourth-order valence-corrected chi connectivity index (χ4v) is 0.704. The van der Waals surface area contributed by atoms with Crippen molar-refractivity contribution in [2.75, 3.05) is 20.3 Å². The van der Waals surface area contributed by atoms with Gasteiger partial charge in [-0.05, 0) is 6.07 Å². The third-order valence-electron chi connectivity index (χ3n) is 1.32. The summed E-state index contributed by atoms with van der Waals surface area (Å²) >= 11 is 0. The quantitative estimate of drug-likeness (QED) is 0.522. The average Bonchev–Trinajstić information content (AvgIpc) is 2.25. The number of hydrogen-bond acceptors (Lipinski definition) is 5. The van der Waals surface area contributed by atoms with Crippen LogP contribution >= 0.6 is 0 Å². The van der Waals surface area contributed by atoms with Gasteiger partial charge in [0.1, 0.15) is 0 Å². The minimum absolute atomic E-state index is 0.0740. The highest BCUT2D eigenvalue weighted by Crippen LogP contribution is 1.86. The van der Waals surface area contributed by atoms with Gasteiger partial charge in [0.25, 0.3) is 0 Å². The van der Waals surface area contributed by atoms with Crippen LogP contribution < -0.4 is 5.48 Å². The molecule has 1 heterocycles. The van der Waals surface area contributed by atoms with Gasteiger partial charge in [-0.3, -0.25) is 9.63 Å². The van der Waals surface area contributed by atoms with Gasteiger partial charge < -0.3 is 4.74 Å². The van der Waals surface area contributed by atoms with E-state index in [4.69, 9.17) is 9.57 Å². The maximum atomic E-state index is 11.2. The Kier molecular flexibility index (Phi) is 4.53. The minimum atomic E-state index is -0.471. The molecule has 1 aromatic rings. The van der Waals surface area contributed by atoms with E-state index in [2.05, 4.69) is 15.4 Å². The Bertz CT molecular complexity index is 278. The highest BCUT2D eigenvalue weighted by atomic mass is 16.7. The Morgan fingerprint density at radius 3 is 2.79 bits per heavy atom. The molecule has 0 fully saturated rings. The largest absolute Gasteiger partial charge is 0.382 e. The number of carbonyl (C=O) groups is 1. The van der Waals surface area contributed by atoms with Crippen LogP contribution in [0.25, 0.3) is 0 Å². The predicted molar refractivity (Wildman–Crippen MR) is 47.3 cm³/mol. The predicted octanol–water partition coefficient (Wildman–Crippen LogP) is -0.216. The smallest absolute Gasteiger partial charge is 0.312 e. The van der Waals surface area contributed by atoms with Crippen LogP contribution in [0.5, 0.6) is 0 Å². The van der Waals surface area contributed by atoms with Crippen LogP contribution in [0.1, 0.15) is 10.6 Å². The maximum absolute atomic E-state index is 11.2. The van der Waals surface area contributed by atoms with E-state index in [1.807, 2.05) is 0 Å². The molecule has 1 rings (SSSR count). The lowest BCUT2D eigenvalue weighted by atomic mass is 10.5. The SMILES string of the molecule is COCCONC(=O)c1ncccn1. The van der Waals surface area contributed by atoms with Crippen molar-refractivity contribution in [3.63, 3.8) is 0 Å². The van der Waals surface area contributed by atoms with E-state index in [1.165, 1.54) is 12.4 Å². The van der Waals surface area contributed by atoms with Gasteiger partial charge >= 0.3 is 5.91 Å². The Hall–Kier alpha value is -1.53. The summed E-state index contributed by atoms with van der Waals surface area (Å²) in [5.74, 6) is -0.397. The molecular weight excluding hydrogens is 186 g/mol. The lowest BCUT2D eigenvalue weighted by Gasteiger charge is -2.03. The van der Waals surface area contributed by atoms with Crippen LogP contribution in [0.15, 0.2) is 18.5 Å². The van der Waals surface area contributed by atoms with Gasteiger partial charge in [-0.1, -0.05) is 0 Å².